The first kappa shape index (κ1) is 15.3. The molecule has 0 spiro atoms. The molecule has 0 saturated heterocycles. The summed E-state index contributed by atoms with van der Waals surface area (Å²) in [7, 11) is 0. The maximum absolute atomic E-state index is 12.9. The van der Waals surface area contributed by atoms with E-state index in [4.69, 9.17) is 11.6 Å². The fraction of sp³-hybridized carbons (Fsp3) is 0.133. The zero-order valence-corrected chi connectivity index (χ0v) is 11.8. The number of aliphatic hydroxyl groups is 1. The fourth-order valence-electron chi connectivity index (χ4n) is 1.74. The van der Waals surface area contributed by atoms with Gasteiger partial charge in [0.1, 0.15) is 5.82 Å². The second kappa shape index (κ2) is 7.06. The summed E-state index contributed by atoms with van der Waals surface area (Å²) in [5.74, 6) is -0.481. The Kier molecular flexibility index (Phi) is 5.14. The highest BCUT2D eigenvalue weighted by molar-refractivity contribution is 6.33. The average molecular weight is 309 g/mol. The molecule has 21 heavy (non-hydrogen) atoms. The lowest BCUT2D eigenvalue weighted by Gasteiger charge is -2.13. The number of hydrogen-bond acceptors (Lipinski definition) is 2. The number of carbonyl (C=O) groups excluding carboxylic acids is 1. The van der Waals surface area contributed by atoms with Crippen molar-refractivity contribution in [2.24, 2.45) is 0 Å². The van der Waals surface area contributed by atoms with Gasteiger partial charge in [-0.05, 0) is 23.8 Å². The van der Waals surface area contributed by atoms with Crippen LogP contribution >= 0.6 is 11.6 Å². The number of aliphatic hydroxyl groups excluding tert-OH is 1. The molecule has 0 radical (unpaired) electrons. The number of hydrogen-bond donors (Lipinski definition) is 3. The number of anilines is 1. The summed E-state index contributed by atoms with van der Waals surface area (Å²) < 4.78 is 12.9. The minimum atomic E-state index is -0.805. The summed E-state index contributed by atoms with van der Waals surface area (Å²) in [6.07, 6.45) is -0.805. The largest absolute Gasteiger partial charge is 0.387 e. The van der Waals surface area contributed by atoms with E-state index in [9.17, 15) is 14.3 Å². The molecule has 2 aromatic carbocycles. The van der Waals surface area contributed by atoms with Gasteiger partial charge in [0.15, 0.2) is 0 Å². The van der Waals surface area contributed by atoms with Crippen LogP contribution in [0.25, 0.3) is 0 Å². The van der Waals surface area contributed by atoms with E-state index in [1.807, 2.05) is 6.07 Å². The lowest BCUT2D eigenvalue weighted by atomic mass is 10.1. The van der Waals surface area contributed by atoms with Gasteiger partial charge >= 0.3 is 6.03 Å². The van der Waals surface area contributed by atoms with E-state index in [1.165, 1.54) is 12.1 Å². The first-order valence-electron chi connectivity index (χ1n) is 6.29. The highest BCUT2D eigenvalue weighted by Crippen LogP contribution is 2.22. The maximum atomic E-state index is 12.9. The second-order valence-corrected chi connectivity index (χ2v) is 4.79. The van der Waals surface area contributed by atoms with E-state index in [2.05, 4.69) is 10.6 Å². The average Bonchev–Trinajstić information content (AvgIpc) is 2.48. The Balaban J connectivity index is 1.87. The third-order valence-electron chi connectivity index (χ3n) is 2.82. The predicted molar refractivity (Wildman–Crippen MR) is 79.8 cm³/mol. The Hall–Kier alpha value is -2.11. The van der Waals surface area contributed by atoms with Crippen molar-refractivity contribution in [3.63, 3.8) is 0 Å². The molecular formula is C15H14ClFN2O2. The first-order valence-corrected chi connectivity index (χ1v) is 6.67. The summed E-state index contributed by atoms with van der Waals surface area (Å²) in [4.78, 5) is 11.7. The predicted octanol–water partition coefficient (Wildman–Crippen LogP) is 3.33. The standard InChI is InChI=1S/C15H14ClFN2O2/c16-12-8-11(17)6-7-13(12)19-15(21)18-9-14(20)10-4-2-1-3-5-10/h1-8,14,20H,9H2,(H2,18,19,21)/t14-/m1/s1. The van der Waals surface area contributed by atoms with E-state index in [0.717, 1.165) is 6.07 Å². The fourth-order valence-corrected chi connectivity index (χ4v) is 1.95. The van der Waals surface area contributed by atoms with Gasteiger partial charge in [-0.15, -0.1) is 0 Å². The summed E-state index contributed by atoms with van der Waals surface area (Å²) >= 11 is 5.80. The molecule has 110 valence electrons. The van der Waals surface area contributed by atoms with Crippen LogP contribution in [-0.4, -0.2) is 17.7 Å². The van der Waals surface area contributed by atoms with Crippen molar-refractivity contribution < 1.29 is 14.3 Å². The van der Waals surface area contributed by atoms with Gasteiger partial charge in [0.2, 0.25) is 0 Å². The Morgan fingerprint density at radius 2 is 1.95 bits per heavy atom. The van der Waals surface area contributed by atoms with Crippen molar-refractivity contribution in [1.82, 2.24) is 5.32 Å². The Morgan fingerprint density at radius 3 is 2.62 bits per heavy atom. The van der Waals surface area contributed by atoms with Crippen LogP contribution in [0.5, 0.6) is 0 Å². The molecule has 4 nitrogen and oxygen atoms in total. The van der Waals surface area contributed by atoms with Gasteiger partial charge in [0.05, 0.1) is 16.8 Å². The third-order valence-corrected chi connectivity index (χ3v) is 3.13. The SMILES string of the molecule is O=C(NC[C@@H](O)c1ccccc1)Nc1ccc(F)cc1Cl. The second-order valence-electron chi connectivity index (χ2n) is 4.39. The van der Waals surface area contributed by atoms with Gasteiger partial charge in [-0.2, -0.15) is 0 Å². The Labute approximate surface area is 126 Å². The lowest BCUT2D eigenvalue weighted by Crippen LogP contribution is -2.32. The van der Waals surface area contributed by atoms with Crippen LogP contribution in [0.4, 0.5) is 14.9 Å². The zero-order chi connectivity index (χ0) is 15.2. The monoisotopic (exact) mass is 308 g/mol. The highest BCUT2D eigenvalue weighted by atomic mass is 35.5. The summed E-state index contributed by atoms with van der Waals surface area (Å²) in [6, 6.07) is 12.1. The number of nitrogens with one attached hydrogen (secondary N) is 2. The highest BCUT2D eigenvalue weighted by Gasteiger charge is 2.10. The van der Waals surface area contributed by atoms with E-state index in [1.54, 1.807) is 24.3 Å². The van der Waals surface area contributed by atoms with Crippen LogP contribution in [-0.2, 0) is 0 Å². The Morgan fingerprint density at radius 1 is 1.24 bits per heavy atom. The molecule has 0 unspecified atom stereocenters. The maximum Gasteiger partial charge on any atom is 0.319 e. The van der Waals surface area contributed by atoms with Crippen molar-refractivity contribution in [1.29, 1.82) is 0 Å². The summed E-state index contributed by atoms with van der Waals surface area (Å²) in [5, 5.41) is 15.0. The van der Waals surface area contributed by atoms with Gasteiger partial charge in [-0.25, -0.2) is 9.18 Å². The molecule has 0 aliphatic heterocycles. The Bertz CT molecular complexity index is 622. The van der Waals surface area contributed by atoms with Crippen molar-refractivity contribution >= 4 is 23.3 Å². The molecule has 0 saturated carbocycles. The molecule has 0 aliphatic carbocycles. The van der Waals surface area contributed by atoms with Crippen molar-refractivity contribution in [2.75, 3.05) is 11.9 Å². The van der Waals surface area contributed by atoms with E-state index in [0.29, 0.717) is 11.3 Å². The van der Waals surface area contributed by atoms with Gasteiger partial charge < -0.3 is 15.7 Å². The summed E-state index contributed by atoms with van der Waals surface area (Å²) in [5.41, 5.74) is 1.00. The van der Waals surface area contributed by atoms with Gasteiger partial charge in [0.25, 0.3) is 0 Å². The molecule has 0 aliphatic rings. The quantitative estimate of drug-likeness (QED) is 0.811. The van der Waals surface area contributed by atoms with E-state index < -0.39 is 18.0 Å². The molecule has 0 bridgehead atoms. The molecule has 1 atom stereocenters. The summed E-state index contributed by atoms with van der Waals surface area (Å²) in [6.45, 7) is 0.0503. The third kappa shape index (κ3) is 4.44. The number of carbonyl (C=O) groups is 1. The molecule has 0 fully saturated rings. The molecule has 2 rings (SSSR count). The lowest BCUT2D eigenvalue weighted by molar-refractivity contribution is 0.175. The van der Waals surface area contributed by atoms with Crippen LogP contribution < -0.4 is 10.6 Å². The smallest absolute Gasteiger partial charge is 0.319 e. The van der Waals surface area contributed by atoms with Crippen molar-refractivity contribution in [2.45, 2.75) is 6.10 Å². The van der Waals surface area contributed by atoms with Crippen LogP contribution in [0.1, 0.15) is 11.7 Å². The molecular weight excluding hydrogens is 295 g/mol. The van der Waals surface area contributed by atoms with Crippen LogP contribution in [0.15, 0.2) is 48.5 Å². The van der Waals surface area contributed by atoms with Crippen LogP contribution in [0.2, 0.25) is 5.02 Å². The van der Waals surface area contributed by atoms with Crippen LogP contribution in [0.3, 0.4) is 0 Å². The van der Waals surface area contributed by atoms with Crippen molar-refractivity contribution in [3.05, 3.63) is 64.9 Å². The number of benzene rings is 2. The number of amides is 2. The minimum Gasteiger partial charge on any atom is -0.387 e. The molecule has 6 heteroatoms. The van der Waals surface area contributed by atoms with Gasteiger partial charge in [0, 0.05) is 6.54 Å². The van der Waals surface area contributed by atoms with Crippen LogP contribution in [0, 0.1) is 5.82 Å². The van der Waals surface area contributed by atoms with E-state index >= 15 is 0 Å². The van der Waals surface area contributed by atoms with Gasteiger partial charge in [-0.3, -0.25) is 0 Å². The zero-order valence-electron chi connectivity index (χ0n) is 11.0. The molecule has 2 aromatic rings. The molecule has 2 amide bonds. The van der Waals surface area contributed by atoms with Crippen molar-refractivity contribution in [3.8, 4) is 0 Å². The first-order chi connectivity index (χ1) is 10.1. The topological polar surface area (TPSA) is 61.4 Å². The van der Waals surface area contributed by atoms with Gasteiger partial charge in [-0.1, -0.05) is 41.9 Å². The molecule has 0 aromatic heterocycles. The minimum absolute atomic E-state index is 0.0503. The van der Waals surface area contributed by atoms with E-state index in [-0.39, 0.29) is 11.6 Å². The number of halogens is 2. The molecule has 3 N–H and O–H groups in total. The normalized spacial score (nSPS) is 11.8. The molecule has 0 heterocycles. The number of rotatable bonds is 4. The number of urea groups is 1.